The molecule has 4 N–H and O–H groups in total. The zero-order valence-electron chi connectivity index (χ0n) is 11.8. The van der Waals surface area contributed by atoms with E-state index in [0.29, 0.717) is 11.1 Å². The number of hydrogen-bond acceptors (Lipinski definition) is 3. The number of phenols is 1. The van der Waals surface area contributed by atoms with E-state index in [0.717, 1.165) is 11.8 Å². The van der Waals surface area contributed by atoms with E-state index >= 15 is 0 Å². The molecule has 0 heterocycles. The van der Waals surface area contributed by atoms with Crippen molar-refractivity contribution < 1.29 is 9.90 Å². The molecule has 2 aromatic rings. The Morgan fingerprint density at radius 1 is 1.25 bits per heavy atom. The van der Waals surface area contributed by atoms with Gasteiger partial charge in [0, 0.05) is 16.5 Å². The fourth-order valence-electron chi connectivity index (χ4n) is 2.13. The fraction of sp³-hybridized carbons (Fsp3) is 0.312. The van der Waals surface area contributed by atoms with Crippen LogP contribution in [0.1, 0.15) is 20.3 Å². The molecular formula is C16H20N2O2. The van der Waals surface area contributed by atoms with Crippen LogP contribution >= 0.6 is 0 Å². The van der Waals surface area contributed by atoms with Crippen molar-refractivity contribution in [1.82, 2.24) is 0 Å². The number of phenolic OH excluding ortho intramolecular Hbond substituents is 1. The lowest BCUT2D eigenvalue weighted by Gasteiger charge is -2.18. The Kier molecular flexibility index (Phi) is 4.25. The van der Waals surface area contributed by atoms with Crippen LogP contribution in [0.15, 0.2) is 36.4 Å². The van der Waals surface area contributed by atoms with Gasteiger partial charge in [-0.25, -0.2) is 0 Å². The normalized spacial score (nSPS) is 13.9. The monoisotopic (exact) mass is 272 g/mol. The molecule has 0 spiro atoms. The first-order valence-electron chi connectivity index (χ1n) is 6.81. The van der Waals surface area contributed by atoms with Gasteiger partial charge in [0.05, 0.1) is 6.04 Å². The molecule has 4 heteroatoms. The minimum atomic E-state index is -0.535. The molecule has 2 aromatic carbocycles. The number of amides is 1. The van der Waals surface area contributed by atoms with Gasteiger partial charge in [0.15, 0.2) is 0 Å². The molecule has 0 saturated heterocycles. The third-order valence-electron chi connectivity index (χ3n) is 3.72. The summed E-state index contributed by atoms with van der Waals surface area (Å²) in [5.41, 5.74) is 6.60. The van der Waals surface area contributed by atoms with Crippen LogP contribution in [0, 0.1) is 5.92 Å². The van der Waals surface area contributed by atoms with E-state index in [-0.39, 0.29) is 17.6 Å². The van der Waals surface area contributed by atoms with Crippen LogP contribution in [0.5, 0.6) is 5.75 Å². The molecule has 0 radical (unpaired) electrons. The highest BCUT2D eigenvalue weighted by molar-refractivity contribution is 6.05. The second kappa shape index (κ2) is 5.92. The molecule has 0 aliphatic carbocycles. The Balaban J connectivity index is 2.31. The van der Waals surface area contributed by atoms with Gasteiger partial charge in [0.1, 0.15) is 5.75 Å². The van der Waals surface area contributed by atoms with E-state index in [2.05, 4.69) is 5.32 Å². The summed E-state index contributed by atoms with van der Waals surface area (Å²) in [5.74, 6) is 0.124. The van der Waals surface area contributed by atoms with E-state index in [1.165, 1.54) is 0 Å². The maximum atomic E-state index is 12.1. The first-order chi connectivity index (χ1) is 9.54. The van der Waals surface area contributed by atoms with Gasteiger partial charge in [0.2, 0.25) is 5.91 Å². The van der Waals surface area contributed by atoms with Crippen molar-refractivity contribution in [1.29, 1.82) is 0 Å². The SMILES string of the molecule is CC[C@H](C)[C@H](N)C(=O)Nc1cccc2c(O)cccc12. The molecule has 20 heavy (non-hydrogen) atoms. The van der Waals surface area contributed by atoms with Crippen LogP contribution in [-0.2, 0) is 4.79 Å². The Labute approximate surface area is 118 Å². The number of fused-ring (bicyclic) bond motifs is 1. The molecule has 0 aromatic heterocycles. The van der Waals surface area contributed by atoms with Crippen LogP contribution in [0.3, 0.4) is 0 Å². The predicted molar refractivity (Wildman–Crippen MR) is 81.7 cm³/mol. The van der Waals surface area contributed by atoms with Crippen LogP contribution in [0.4, 0.5) is 5.69 Å². The number of nitrogens with one attached hydrogen (secondary N) is 1. The van der Waals surface area contributed by atoms with Crippen molar-refractivity contribution in [2.75, 3.05) is 5.32 Å². The van der Waals surface area contributed by atoms with Gasteiger partial charge in [-0.1, -0.05) is 44.5 Å². The molecule has 0 unspecified atom stereocenters. The van der Waals surface area contributed by atoms with Crippen LogP contribution in [-0.4, -0.2) is 17.1 Å². The highest BCUT2D eigenvalue weighted by Gasteiger charge is 2.20. The summed E-state index contributed by atoms with van der Waals surface area (Å²) >= 11 is 0. The molecule has 0 saturated carbocycles. The van der Waals surface area contributed by atoms with Gasteiger partial charge in [-0.15, -0.1) is 0 Å². The Bertz CT molecular complexity index is 625. The first-order valence-corrected chi connectivity index (χ1v) is 6.81. The van der Waals surface area contributed by atoms with Crippen molar-refractivity contribution in [3.63, 3.8) is 0 Å². The van der Waals surface area contributed by atoms with Crippen molar-refractivity contribution in [2.45, 2.75) is 26.3 Å². The Morgan fingerprint density at radius 3 is 2.60 bits per heavy atom. The lowest BCUT2D eigenvalue weighted by Crippen LogP contribution is -2.40. The highest BCUT2D eigenvalue weighted by Crippen LogP contribution is 2.29. The van der Waals surface area contributed by atoms with Crippen molar-refractivity contribution in [3.8, 4) is 5.75 Å². The summed E-state index contributed by atoms with van der Waals surface area (Å²) < 4.78 is 0. The van der Waals surface area contributed by atoms with Crippen LogP contribution < -0.4 is 11.1 Å². The minimum Gasteiger partial charge on any atom is -0.507 e. The van der Waals surface area contributed by atoms with Gasteiger partial charge in [-0.2, -0.15) is 0 Å². The maximum Gasteiger partial charge on any atom is 0.241 e. The van der Waals surface area contributed by atoms with Gasteiger partial charge >= 0.3 is 0 Å². The highest BCUT2D eigenvalue weighted by atomic mass is 16.3. The summed E-state index contributed by atoms with van der Waals surface area (Å²) in [5, 5.41) is 14.2. The van der Waals surface area contributed by atoms with Gasteiger partial charge in [-0.05, 0) is 18.1 Å². The molecule has 1 amide bonds. The quantitative estimate of drug-likeness (QED) is 0.801. The second-order valence-electron chi connectivity index (χ2n) is 5.08. The molecule has 0 aliphatic heterocycles. The van der Waals surface area contributed by atoms with E-state index < -0.39 is 6.04 Å². The Morgan fingerprint density at radius 2 is 1.90 bits per heavy atom. The predicted octanol–water partition coefficient (Wildman–Crippen LogP) is 2.86. The smallest absolute Gasteiger partial charge is 0.241 e. The Hall–Kier alpha value is -2.07. The van der Waals surface area contributed by atoms with E-state index in [9.17, 15) is 9.90 Å². The third-order valence-corrected chi connectivity index (χ3v) is 3.72. The molecule has 2 atom stereocenters. The lowest BCUT2D eigenvalue weighted by atomic mass is 9.99. The molecule has 2 rings (SSSR count). The number of anilines is 1. The molecule has 106 valence electrons. The largest absolute Gasteiger partial charge is 0.507 e. The summed E-state index contributed by atoms with van der Waals surface area (Å²) in [7, 11) is 0. The average molecular weight is 272 g/mol. The minimum absolute atomic E-state index is 0.123. The standard InChI is InChI=1S/C16H20N2O2/c1-3-10(2)15(17)16(20)18-13-8-4-7-12-11(13)6-5-9-14(12)19/h4-10,15,19H,3,17H2,1-2H3,(H,18,20)/t10-,15-/m0/s1. The van der Waals surface area contributed by atoms with Crippen LogP contribution in [0.2, 0.25) is 0 Å². The molecule has 0 fully saturated rings. The third kappa shape index (κ3) is 2.75. The van der Waals surface area contributed by atoms with Crippen molar-refractivity contribution in [2.24, 2.45) is 11.7 Å². The average Bonchev–Trinajstić information content (AvgIpc) is 2.46. The molecule has 4 nitrogen and oxygen atoms in total. The summed E-state index contributed by atoms with van der Waals surface area (Å²) in [6.07, 6.45) is 0.852. The second-order valence-corrected chi connectivity index (χ2v) is 5.08. The summed E-state index contributed by atoms with van der Waals surface area (Å²) in [6.45, 7) is 3.97. The zero-order chi connectivity index (χ0) is 14.7. The lowest BCUT2D eigenvalue weighted by molar-refractivity contribution is -0.118. The van der Waals surface area contributed by atoms with E-state index in [1.54, 1.807) is 18.2 Å². The number of carbonyl (C=O) groups is 1. The maximum absolute atomic E-state index is 12.1. The zero-order valence-corrected chi connectivity index (χ0v) is 11.8. The summed E-state index contributed by atoms with van der Waals surface area (Å²) in [4.78, 5) is 12.1. The topological polar surface area (TPSA) is 75.4 Å². The number of benzene rings is 2. The van der Waals surface area contributed by atoms with Gasteiger partial charge < -0.3 is 16.2 Å². The fourth-order valence-corrected chi connectivity index (χ4v) is 2.13. The molecule has 0 aliphatic rings. The number of hydrogen-bond donors (Lipinski definition) is 3. The van der Waals surface area contributed by atoms with E-state index in [1.807, 2.05) is 32.0 Å². The van der Waals surface area contributed by atoms with Gasteiger partial charge in [-0.3, -0.25) is 4.79 Å². The molecule has 0 bridgehead atoms. The number of rotatable bonds is 4. The first kappa shape index (κ1) is 14.3. The van der Waals surface area contributed by atoms with Crippen LogP contribution in [0.25, 0.3) is 10.8 Å². The molecular weight excluding hydrogens is 252 g/mol. The van der Waals surface area contributed by atoms with Crippen molar-refractivity contribution in [3.05, 3.63) is 36.4 Å². The van der Waals surface area contributed by atoms with Crippen molar-refractivity contribution >= 4 is 22.4 Å². The van der Waals surface area contributed by atoms with E-state index in [4.69, 9.17) is 5.73 Å². The number of nitrogens with two attached hydrogens (primary N) is 1. The number of carbonyl (C=O) groups excluding carboxylic acids is 1. The number of aromatic hydroxyl groups is 1. The summed E-state index contributed by atoms with van der Waals surface area (Å²) in [6, 6.07) is 10.1. The van der Waals surface area contributed by atoms with Gasteiger partial charge in [0.25, 0.3) is 0 Å².